The van der Waals surface area contributed by atoms with Gasteiger partial charge < -0.3 is 4.74 Å². The molecule has 2 heterocycles. The maximum atomic E-state index is 11.9. The lowest BCUT2D eigenvalue weighted by atomic mass is 10.0. The highest BCUT2D eigenvalue weighted by Gasteiger charge is 2.26. The van der Waals surface area contributed by atoms with Gasteiger partial charge in [0.2, 0.25) is 0 Å². The van der Waals surface area contributed by atoms with E-state index in [1.807, 2.05) is 6.07 Å². The van der Waals surface area contributed by atoms with Crippen LogP contribution < -0.4 is 0 Å². The molecule has 0 aliphatic carbocycles. The van der Waals surface area contributed by atoms with Crippen molar-refractivity contribution < 1.29 is 9.53 Å². The molecule has 74 valence electrons. The van der Waals surface area contributed by atoms with E-state index in [2.05, 4.69) is 20.9 Å². The zero-order chi connectivity index (χ0) is 9.97. The predicted molar refractivity (Wildman–Crippen MR) is 55.2 cm³/mol. The summed E-state index contributed by atoms with van der Waals surface area (Å²) >= 11 is 3.32. The van der Waals surface area contributed by atoms with Crippen molar-refractivity contribution in [3.8, 4) is 0 Å². The first-order valence-corrected chi connectivity index (χ1v) is 5.31. The van der Waals surface area contributed by atoms with Gasteiger partial charge >= 0.3 is 0 Å². The van der Waals surface area contributed by atoms with Crippen LogP contribution in [0.25, 0.3) is 0 Å². The molecule has 1 aromatic rings. The van der Waals surface area contributed by atoms with Crippen molar-refractivity contribution in [2.45, 2.75) is 6.42 Å². The van der Waals surface area contributed by atoms with Crippen molar-refractivity contribution in [1.82, 2.24) is 4.98 Å². The highest BCUT2D eigenvalue weighted by molar-refractivity contribution is 9.10. The van der Waals surface area contributed by atoms with Gasteiger partial charge in [0, 0.05) is 23.2 Å². The fraction of sp³-hybridized carbons (Fsp3) is 0.400. The van der Waals surface area contributed by atoms with E-state index in [4.69, 9.17) is 4.74 Å². The van der Waals surface area contributed by atoms with Crippen LogP contribution in [0.15, 0.2) is 22.8 Å². The second-order valence-electron chi connectivity index (χ2n) is 3.26. The van der Waals surface area contributed by atoms with E-state index in [0.29, 0.717) is 18.9 Å². The Bertz CT molecular complexity index is 348. The molecular formula is C10H10BrNO2. The highest BCUT2D eigenvalue weighted by Crippen LogP contribution is 2.21. The number of ketones is 1. The Morgan fingerprint density at radius 1 is 1.64 bits per heavy atom. The summed E-state index contributed by atoms with van der Waals surface area (Å²) in [5.74, 6) is 0.0659. The van der Waals surface area contributed by atoms with Crippen LogP contribution in [-0.4, -0.2) is 24.0 Å². The third kappa shape index (κ3) is 1.86. The third-order valence-electron chi connectivity index (χ3n) is 2.29. The number of pyridine rings is 1. The van der Waals surface area contributed by atoms with E-state index in [0.717, 1.165) is 10.9 Å². The van der Waals surface area contributed by atoms with Crippen LogP contribution in [0.4, 0.5) is 0 Å². The second-order valence-corrected chi connectivity index (χ2v) is 4.11. The third-order valence-corrected chi connectivity index (χ3v) is 2.93. The van der Waals surface area contributed by atoms with Crippen LogP contribution in [-0.2, 0) is 4.74 Å². The quantitative estimate of drug-likeness (QED) is 0.760. The molecule has 0 amide bonds. The van der Waals surface area contributed by atoms with Crippen LogP contribution in [0.5, 0.6) is 0 Å². The summed E-state index contributed by atoms with van der Waals surface area (Å²) in [6.07, 6.45) is 2.44. The number of ether oxygens (including phenoxy) is 1. The zero-order valence-electron chi connectivity index (χ0n) is 7.57. The van der Waals surface area contributed by atoms with Crippen LogP contribution in [0.2, 0.25) is 0 Å². The van der Waals surface area contributed by atoms with Gasteiger partial charge in [0.15, 0.2) is 5.78 Å². The van der Waals surface area contributed by atoms with Gasteiger partial charge in [0.05, 0.1) is 6.61 Å². The topological polar surface area (TPSA) is 39.2 Å². The van der Waals surface area contributed by atoms with E-state index in [-0.39, 0.29) is 11.7 Å². The molecule has 2 rings (SSSR count). The monoisotopic (exact) mass is 255 g/mol. The Labute approximate surface area is 90.6 Å². The molecule has 3 nitrogen and oxygen atoms in total. The lowest BCUT2D eigenvalue weighted by Crippen LogP contribution is -2.16. The smallest absolute Gasteiger partial charge is 0.187 e. The largest absolute Gasteiger partial charge is 0.381 e. The first kappa shape index (κ1) is 9.80. The molecule has 0 saturated carbocycles. The number of Topliss-reactive ketones (excluding diaryl/α,β-unsaturated/α-hetero) is 1. The van der Waals surface area contributed by atoms with Gasteiger partial charge in [0.25, 0.3) is 0 Å². The number of aromatic nitrogens is 1. The first-order valence-electron chi connectivity index (χ1n) is 4.51. The molecule has 0 radical (unpaired) electrons. The summed E-state index contributed by atoms with van der Waals surface area (Å²) in [4.78, 5) is 16.0. The maximum Gasteiger partial charge on any atom is 0.187 e. The second kappa shape index (κ2) is 4.19. The summed E-state index contributed by atoms with van der Waals surface area (Å²) in [6, 6.07) is 3.63. The average Bonchev–Trinajstić information content (AvgIpc) is 2.70. The molecule has 1 aliphatic heterocycles. The molecule has 4 heteroatoms. The number of rotatable bonds is 2. The van der Waals surface area contributed by atoms with E-state index in [9.17, 15) is 4.79 Å². The number of hydrogen-bond donors (Lipinski definition) is 0. The SMILES string of the molecule is O=C(c1ncccc1Br)C1CCOC1. The molecule has 14 heavy (non-hydrogen) atoms. The van der Waals surface area contributed by atoms with Gasteiger partial charge in [-0.1, -0.05) is 0 Å². The number of nitrogens with zero attached hydrogens (tertiary/aromatic N) is 1. The fourth-order valence-electron chi connectivity index (χ4n) is 1.50. The highest BCUT2D eigenvalue weighted by atomic mass is 79.9. The summed E-state index contributed by atoms with van der Waals surface area (Å²) in [5.41, 5.74) is 0.517. The molecule has 1 fully saturated rings. The molecule has 0 aromatic carbocycles. The minimum absolute atomic E-state index is 0.0128. The van der Waals surface area contributed by atoms with Gasteiger partial charge in [-0.2, -0.15) is 0 Å². The van der Waals surface area contributed by atoms with Crippen molar-refractivity contribution in [3.63, 3.8) is 0 Å². The van der Waals surface area contributed by atoms with Crippen molar-refractivity contribution in [2.24, 2.45) is 5.92 Å². The molecule has 0 spiro atoms. The van der Waals surface area contributed by atoms with E-state index in [1.165, 1.54) is 0 Å². The number of carbonyl (C=O) groups is 1. The maximum absolute atomic E-state index is 11.9. The van der Waals surface area contributed by atoms with Crippen molar-refractivity contribution in [2.75, 3.05) is 13.2 Å². The van der Waals surface area contributed by atoms with Crippen LogP contribution in [0.1, 0.15) is 16.9 Å². The molecule has 1 aromatic heterocycles. The minimum atomic E-state index is -0.0128. The Kier molecular flexibility index (Phi) is 2.93. The summed E-state index contributed by atoms with van der Waals surface area (Å²) in [6.45, 7) is 1.21. The Morgan fingerprint density at radius 2 is 2.50 bits per heavy atom. The Hall–Kier alpha value is -0.740. The summed E-state index contributed by atoms with van der Waals surface area (Å²) in [5, 5.41) is 0. The van der Waals surface area contributed by atoms with Crippen molar-refractivity contribution in [3.05, 3.63) is 28.5 Å². The first-order chi connectivity index (χ1) is 6.79. The lowest BCUT2D eigenvalue weighted by Gasteiger charge is -2.06. The summed E-state index contributed by atoms with van der Waals surface area (Å²) in [7, 11) is 0. The average molecular weight is 256 g/mol. The molecule has 1 atom stereocenters. The summed E-state index contributed by atoms with van der Waals surface area (Å²) < 4.78 is 5.94. The molecular weight excluding hydrogens is 246 g/mol. The van der Waals surface area contributed by atoms with Crippen LogP contribution >= 0.6 is 15.9 Å². The van der Waals surface area contributed by atoms with Crippen molar-refractivity contribution in [1.29, 1.82) is 0 Å². The number of hydrogen-bond acceptors (Lipinski definition) is 3. The Morgan fingerprint density at radius 3 is 3.14 bits per heavy atom. The number of halogens is 1. The number of carbonyl (C=O) groups excluding carboxylic acids is 1. The normalized spacial score (nSPS) is 21.1. The van der Waals surface area contributed by atoms with Gasteiger partial charge in [0.1, 0.15) is 5.69 Å². The molecule has 1 aliphatic rings. The van der Waals surface area contributed by atoms with E-state index < -0.39 is 0 Å². The minimum Gasteiger partial charge on any atom is -0.381 e. The lowest BCUT2D eigenvalue weighted by molar-refractivity contribution is 0.0894. The molecule has 1 saturated heterocycles. The standard InChI is InChI=1S/C10H10BrNO2/c11-8-2-1-4-12-9(8)10(13)7-3-5-14-6-7/h1-2,4,7H,3,5-6H2. The molecule has 0 bridgehead atoms. The van der Waals surface area contributed by atoms with Crippen LogP contribution in [0, 0.1) is 5.92 Å². The van der Waals surface area contributed by atoms with Gasteiger partial charge in [-0.05, 0) is 34.5 Å². The zero-order valence-corrected chi connectivity index (χ0v) is 9.16. The van der Waals surface area contributed by atoms with Gasteiger partial charge in [-0.3, -0.25) is 9.78 Å². The fourth-order valence-corrected chi connectivity index (χ4v) is 1.95. The van der Waals surface area contributed by atoms with E-state index in [1.54, 1.807) is 12.3 Å². The predicted octanol–water partition coefficient (Wildman–Crippen LogP) is 2.06. The van der Waals surface area contributed by atoms with Crippen molar-refractivity contribution >= 4 is 21.7 Å². The Balaban J connectivity index is 2.22. The molecule has 0 N–H and O–H groups in total. The van der Waals surface area contributed by atoms with E-state index >= 15 is 0 Å². The van der Waals surface area contributed by atoms with Gasteiger partial charge in [-0.25, -0.2) is 0 Å². The van der Waals surface area contributed by atoms with Crippen LogP contribution in [0.3, 0.4) is 0 Å². The molecule has 1 unspecified atom stereocenters. The van der Waals surface area contributed by atoms with Gasteiger partial charge in [-0.15, -0.1) is 0 Å².